The predicted molar refractivity (Wildman–Crippen MR) is 69.5 cm³/mol. The maximum Gasteiger partial charge on any atom is 0.337 e. The van der Waals surface area contributed by atoms with Crippen LogP contribution in [0.1, 0.15) is 17.3 Å². The lowest BCUT2D eigenvalue weighted by molar-refractivity contribution is 0.0698. The van der Waals surface area contributed by atoms with Crippen LogP contribution in [0.15, 0.2) is 18.2 Å². The van der Waals surface area contributed by atoms with Crippen molar-refractivity contribution in [3.63, 3.8) is 0 Å². The standard InChI is InChI=1S/C12H19N3O2/c1-8(15(2)3)7-14-10-6-4-5-9(11(10)13)12(16)17/h4-6,8,14H,7,13H2,1-3H3,(H,16,17). The Balaban J connectivity index is 2.79. The van der Waals surface area contributed by atoms with Crippen molar-refractivity contribution in [3.8, 4) is 0 Å². The van der Waals surface area contributed by atoms with Crippen molar-refractivity contribution in [2.24, 2.45) is 0 Å². The molecule has 5 heteroatoms. The van der Waals surface area contributed by atoms with Crippen LogP contribution in [-0.4, -0.2) is 42.7 Å². The molecule has 0 saturated heterocycles. The number of para-hydroxylation sites is 1. The third kappa shape index (κ3) is 3.35. The van der Waals surface area contributed by atoms with Gasteiger partial charge in [0.25, 0.3) is 0 Å². The summed E-state index contributed by atoms with van der Waals surface area (Å²) in [5, 5.41) is 12.1. The molecule has 1 rings (SSSR count). The second kappa shape index (κ2) is 5.54. The lowest BCUT2D eigenvalue weighted by Gasteiger charge is -2.21. The normalized spacial score (nSPS) is 12.5. The summed E-state index contributed by atoms with van der Waals surface area (Å²) >= 11 is 0. The van der Waals surface area contributed by atoms with Crippen molar-refractivity contribution in [1.29, 1.82) is 0 Å². The average molecular weight is 237 g/mol. The van der Waals surface area contributed by atoms with Crippen LogP contribution in [-0.2, 0) is 0 Å². The Morgan fingerprint density at radius 1 is 1.53 bits per heavy atom. The largest absolute Gasteiger partial charge is 0.478 e. The zero-order chi connectivity index (χ0) is 13.0. The Kier molecular flexibility index (Phi) is 4.34. The minimum atomic E-state index is -1.01. The Bertz CT molecular complexity index is 405. The van der Waals surface area contributed by atoms with Gasteiger partial charge in [-0.15, -0.1) is 0 Å². The van der Waals surface area contributed by atoms with Crippen LogP contribution in [0.2, 0.25) is 0 Å². The molecule has 0 amide bonds. The monoisotopic (exact) mass is 237 g/mol. The molecule has 1 aromatic carbocycles. The summed E-state index contributed by atoms with van der Waals surface area (Å²) in [6, 6.07) is 5.30. The number of nitrogens with zero attached hydrogens (tertiary/aromatic N) is 1. The SMILES string of the molecule is CC(CNc1cccc(C(=O)O)c1N)N(C)C. The second-order valence-electron chi connectivity index (χ2n) is 4.27. The van der Waals surface area contributed by atoms with E-state index >= 15 is 0 Å². The van der Waals surface area contributed by atoms with Crippen LogP contribution in [0, 0.1) is 0 Å². The van der Waals surface area contributed by atoms with Gasteiger partial charge in [0, 0.05) is 12.6 Å². The molecular formula is C12H19N3O2. The number of rotatable bonds is 5. The second-order valence-corrected chi connectivity index (χ2v) is 4.27. The highest BCUT2D eigenvalue weighted by molar-refractivity contribution is 5.97. The highest BCUT2D eigenvalue weighted by Gasteiger charge is 2.11. The summed E-state index contributed by atoms with van der Waals surface area (Å²) in [7, 11) is 3.98. The molecule has 4 N–H and O–H groups in total. The summed E-state index contributed by atoms with van der Waals surface area (Å²) in [5.74, 6) is -1.01. The fourth-order valence-corrected chi connectivity index (χ4v) is 1.35. The van der Waals surface area contributed by atoms with Gasteiger partial charge in [-0.3, -0.25) is 0 Å². The number of likely N-dealkylation sites (N-methyl/N-ethyl adjacent to an activating group) is 1. The van der Waals surface area contributed by atoms with Crippen molar-refractivity contribution in [2.75, 3.05) is 31.7 Å². The summed E-state index contributed by atoms with van der Waals surface area (Å²) < 4.78 is 0. The van der Waals surface area contributed by atoms with Gasteiger partial charge >= 0.3 is 5.97 Å². The Hall–Kier alpha value is -1.75. The molecule has 0 fully saturated rings. The highest BCUT2D eigenvalue weighted by atomic mass is 16.4. The molecule has 1 atom stereocenters. The van der Waals surface area contributed by atoms with Crippen LogP contribution in [0.5, 0.6) is 0 Å². The molecular weight excluding hydrogens is 218 g/mol. The van der Waals surface area contributed by atoms with Crippen molar-refractivity contribution >= 4 is 17.3 Å². The predicted octanol–water partition coefficient (Wildman–Crippen LogP) is 1.33. The first-order valence-corrected chi connectivity index (χ1v) is 5.45. The van der Waals surface area contributed by atoms with Crippen LogP contribution in [0.25, 0.3) is 0 Å². The van der Waals surface area contributed by atoms with Crippen LogP contribution >= 0.6 is 0 Å². The molecule has 0 aliphatic heterocycles. The third-order valence-electron chi connectivity index (χ3n) is 2.81. The number of nitrogens with one attached hydrogen (secondary N) is 1. The molecule has 1 unspecified atom stereocenters. The number of benzene rings is 1. The van der Waals surface area contributed by atoms with Gasteiger partial charge in [-0.2, -0.15) is 0 Å². The maximum atomic E-state index is 10.9. The quantitative estimate of drug-likeness (QED) is 0.673. The van der Waals surface area contributed by atoms with Crippen molar-refractivity contribution in [3.05, 3.63) is 23.8 Å². The van der Waals surface area contributed by atoms with E-state index in [0.717, 1.165) is 0 Å². The molecule has 0 bridgehead atoms. The zero-order valence-electron chi connectivity index (χ0n) is 10.4. The van der Waals surface area contributed by atoms with Gasteiger partial charge in [-0.05, 0) is 33.2 Å². The minimum Gasteiger partial charge on any atom is -0.478 e. The van der Waals surface area contributed by atoms with Gasteiger partial charge in [0.2, 0.25) is 0 Å². The molecule has 0 saturated carbocycles. The molecule has 0 aliphatic rings. The maximum absolute atomic E-state index is 10.9. The first kappa shape index (κ1) is 13.3. The first-order valence-electron chi connectivity index (χ1n) is 5.45. The topological polar surface area (TPSA) is 78.6 Å². The Morgan fingerprint density at radius 3 is 2.71 bits per heavy atom. The number of hydrogen-bond acceptors (Lipinski definition) is 4. The number of carboxylic acid groups (broad SMARTS) is 1. The fourth-order valence-electron chi connectivity index (χ4n) is 1.35. The van der Waals surface area contributed by atoms with Crippen LogP contribution in [0.4, 0.5) is 11.4 Å². The van der Waals surface area contributed by atoms with E-state index in [0.29, 0.717) is 18.3 Å². The number of nitrogens with two attached hydrogens (primary N) is 1. The van der Waals surface area contributed by atoms with Gasteiger partial charge in [-0.1, -0.05) is 6.07 Å². The summed E-state index contributed by atoms with van der Waals surface area (Å²) in [6.45, 7) is 2.78. The van der Waals surface area contributed by atoms with E-state index in [-0.39, 0.29) is 11.3 Å². The van der Waals surface area contributed by atoms with Gasteiger partial charge in [0.15, 0.2) is 0 Å². The molecule has 0 aromatic heterocycles. The lowest BCUT2D eigenvalue weighted by atomic mass is 10.1. The van der Waals surface area contributed by atoms with Gasteiger partial charge in [0.1, 0.15) is 0 Å². The van der Waals surface area contributed by atoms with E-state index in [1.54, 1.807) is 12.1 Å². The van der Waals surface area contributed by atoms with E-state index in [1.807, 2.05) is 14.1 Å². The van der Waals surface area contributed by atoms with E-state index in [4.69, 9.17) is 10.8 Å². The molecule has 5 nitrogen and oxygen atoms in total. The smallest absolute Gasteiger partial charge is 0.337 e. The highest BCUT2D eigenvalue weighted by Crippen LogP contribution is 2.22. The van der Waals surface area contributed by atoms with Crippen LogP contribution in [0.3, 0.4) is 0 Å². The molecule has 17 heavy (non-hydrogen) atoms. The van der Waals surface area contributed by atoms with Crippen LogP contribution < -0.4 is 11.1 Å². The molecule has 94 valence electrons. The van der Waals surface area contributed by atoms with Crippen molar-refractivity contribution in [1.82, 2.24) is 4.90 Å². The average Bonchev–Trinajstić information content (AvgIpc) is 2.26. The number of hydrogen-bond donors (Lipinski definition) is 3. The molecule has 1 aromatic rings. The molecule has 0 radical (unpaired) electrons. The van der Waals surface area contributed by atoms with E-state index in [9.17, 15) is 4.79 Å². The van der Waals surface area contributed by atoms with E-state index < -0.39 is 5.97 Å². The molecule has 0 aliphatic carbocycles. The van der Waals surface area contributed by atoms with Gasteiger partial charge in [0.05, 0.1) is 16.9 Å². The summed E-state index contributed by atoms with van der Waals surface area (Å²) in [6.07, 6.45) is 0. The molecule has 0 heterocycles. The van der Waals surface area contributed by atoms with Crippen molar-refractivity contribution in [2.45, 2.75) is 13.0 Å². The molecule has 0 spiro atoms. The number of carbonyl (C=O) groups is 1. The summed E-state index contributed by atoms with van der Waals surface area (Å²) in [4.78, 5) is 13.0. The van der Waals surface area contributed by atoms with E-state index in [2.05, 4.69) is 17.1 Å². The zero-order valence-corrected chi connectivity index (χ0v) is 10.4. The number of carboxylic acids is 1. The Morgan fingerprint density at radius 2 is 2.18 bits per heavy atom. The number of nitrogen functional groups attached to an aromatic ring is 1. The lowest BCUT2D eigenvalue weighted by Crippen LogP contribution is -2.31. The Labute approximate surface area is 101 Å². The van der Waals surface area contributed by atoms with E-state index in [1.165, 1.54) is 6.07 Å². The van der Waals surface area contributed by atoms with Gasteiger partial charge in [-0.25, -0.2) is 4.79 Å². The van der Waals surface area contributed by atoms with Crippen molar-refractivity contribution < 1.29 is 9.90 Å². The first-order chi connectivity index (χ1) is 7.93. The third-order valence-corrected chi connectivity index (χ3v) is 2.81. The minimum absolute atomic E-state index is 0.132. The summed E-state index contributed by atoms with van der Waals surface area (Å²) in [5.41, 5.74) is 6.87. The fraction of sp³-hybridized carbons (Fsp3) is 0.417. The number of anilines is 2. The number of aromatic carboxylic acids is 1. The van der Waals surface area contributed by atoms with Gasteiger partial charge < -0.3 is 21.1 Å².